The summed E-state index contributed by atoms with van der Waals surface area (Å²) in [6.45, 7) is 10.9. The molecule has 0 aliphatic heterocycles. The van der Waals surface area contributed by atoms with Crippen molar-refractivity contribution in [2.45, 2.75) is 72.3 Å². The first-order valence-corrected chi connectivity index (χ1v) is 8.01. The summed E-state index contributed by atoms with van der Waals surface area (Å²) in [5.74, 6) is -0.0103. The Bertz CT molecular complexity index is 325. The predicted octanol–water partition coefficient (Wildman–Crippen LogP) is 3.39. The molecule has 5 nitrogen and oxygen atoms in total. The SMILES string of the molecule is CCC(C)(CC)NC(=O)NCCC(CCC(=O)O)C(C)C. The lowest BCUT2D eigenvalue weighted by Gasteiger charge is -2.28. The number of carboxylic acid groups (broad SMARTS) is 1. The second kappa shape index (κ2) is 9.64. The highest BCUT2D eigenvalue weighted by molar-refractivity contribution is 5.74. The Morgan fingerprint density at radius 1 is 1.14 bits per heavy atom. The fourth-order valence-corrected chi connectivity index (χ4v) is 2.24. The van der Waals surface area contributed by atoms with Crippen LogP contribution in [0, 0.1) is 11.8 Å². The second-order valence-electron chi connectivity index (χ2n) is 6.37. The van der Waals surface area contributed by atoms with Crippen LogP contribution in [0.1, 0.15) is 66.7 Å². The third kappa shape index (κ3) is 8.58. The molecule has 0 saturated carbocycles. The molecule has 1 unspecified atom stereocenters. The number of aliphatic carboxylic acids is 1. The first kappa shape index (κ1) is 19.7. The van der Waals surface area contributed by atoms with Gasteiger partial charge in [0.2, 0.25) is 0 Å². The molecule has 0 spiro atoms. The van der Waals surface area contributed by atoms with Gasteiger partial charge in [0.15, 0.2) is 0 Å². The van der Waals surface area contributed by atoms with Crippen LogP contribution in [0.25, 0.3) is 0 Å². The van der Waals surface area contributed by atoms with Gasteiger partial charge in [-0.05, 0) is 44.4 Å². The maximum atomic E-state index is 11.9. The number of hydrogen-bond acceptors (Lipinski definition) is 2. The van der Waals surface area contributed by atoms with Crippen molar-refractivity contribution in [2.24, 2.45) is 11.8 Å². The highest BCUT2D eigenvalue weighted by Gasteiger charge is 2.22. The molecule has 0 aromatic carbocycles. The molecule has 0 aliphatic carbocycles. The zero-order valence-corrected chi connectivity index (χ0v) is 14.2. The zero-order valence-electron chi connectivity index (χ0n) is 14.2. The van der Waals surface area contributed by atoms with Crippen LogP contribution in [-0.4, -0.2) is 29.2 Å². The number of rotatable bonds is 10. The van der Waals surface area contributed by atoms with E-state index < -0.39 is 5.97 Å². The number of urea groups is 1. The summed E-state index contributed by atoms with van der Waals surface area (Å²) in [5.41, 5.74) is -0.162. The van der Waals surface area contributed by atoms with Crippen LogP contribution >= 0.6 is 0 Å². The third-order valence-electron chi connectivity index (χ3n) is 4.45. The topological polar surface area (TPSA) is 78.4 Å². The molecule has 0 heterocycles. The van der Waals surface area contributed by atoms with Gasteiger partial charge in [-0.2, -0.15) is 0 Å². The first-order chi connectivity index (χ1) is 9.74. The fraction of sp³-hybridized carbons (Fsp3) is 0.875. The lowest BCUT2D eigenvalue weighted by molar-refractivity contribution is -0.137. The van der Waals surface area contributed by atoms with Crippen LogP contribution in [0.2, 0.25) is 0 Å². The molecule has 0 aliphatic rings. The molecule has 0 fully saturated rings. The largest absolute Gasteiger partial charge is 0.481 e. The van der Waals surface area contributed by atoms with E-state index in [1.165, 1.54) is 0 Å². The molecule has 3 N–H and O–H groups in total. The molecule has 0 saturated heterocycles. The van der Waals surface area contributed by atoms with Gasteiger partial charge in [0.25, 0.3) is 0 Å². The summed E-state index contributed by atoms with van der Waals surface area (Å²) in [7, 11) is 0. The average Bonchev–Trinajstić information content (AvgIpc) is 2.41. The zero-order chi connectivity index (χ0) is 16.5. The quantitative estimate of drug-likeness (QED) is 0.578. The molecule has 5 heteroatoms. The van der Waals surface area contributed by atoms with Crippen molar-refractivity contribution in [1.29, 1.82) is 0 Å². The van der Waals surface area contributed by atoms with E-state index in [1.807, 2.05) is 6.92 Å². The van der Waals surface area contributed by atoms with Crippen LogP contribution in [0.3, 0.4) is 0 Å². The monoisotopic (exact) mass is 300 g/mol. The molecule has 0 radical (unpaired) electrons. The standard InChI is InChI=1S/C16H32N2O3/c1-6-16(5,7-2)18-15(21)17-11-10-13(12(3)4)8-9-14(19)20/h12-13H,6-11H2,1-5H3,(H,19,20)(H2,17,18,21). The maximum absolute atomic E-state index is 11.9. The van der Waals surface area contributed by atoms with E-state index >= 15 is 0 Å². The van der Waals surface area contributed by atoms with Crippen molar-refractivity contribution in [3.05, 3.63) is 0 Å². The Morgan fingerprint density at radius 3 is 2.14 bits per heavy atom. The number of amides is 2. The molecule has 124 valence electrons. The summed E-state index contributed by atoms with van der Waals surface area (Å²) in [5, 5.41) is 14.6. The van der Waals surface area contributed by atoms with Crippen LogP contribution in [-0.2, 0) is 4.79 Å². The average molecular weight is 300 g/mol. The van der Waals surface area contributed by atoms with Gasteiger partial charge in [0, 0.05) is 18.5 Å². The van der Waals surface area contributed by atoms with Gasteiger partial charge in [-0.1, -0.05) is 27.7 Å². The maximum Gasteiger partial charge on any atom is 0.315 e. The van der Waals surface area contributed by atoms with E-state index in [-0.39, 0.29) is 18.0 Å². The van der Waals surface area contributed by atoms with Crippen molar-refractivity contribution in [3.8, 4) is 0 Å². The lowest BCUT2D eigenvalue weighted by atomic mass is 9.88. The van der Waals surface area contributed by atoms with Crippen LogP contribution in [0.5, 0.6) is 0 Å². The van der Waals surface area contributed by atoms with Crippen LogP contribution < -0.4 is 10.6 Å². The number of nitrogens with one attached hydrogen (secondary N) is 2. The van der Waals surface area contributed by atoms with Gasteiger partial charge >= 0.3 is 12.0 Å². The molecule has 0 bridgehead atoms. The van der Waals surface area contributed by atoms with E-state index in [1.54, 1.807) is 0 Å². The minimum Gasteiger partial charge on any atom is -0.481 e. The number of hydrogen-bond donors (Lipinski definition) is 3. The minimum absolute atomic E-state index is 0.137. The van der Waals surface area contributed by atoms with Crippen molar-refractivity contribution in [3.63, 3.8) is 0 Å². The molecule has 0 aromatic heterocycles. The van der Waals surface area contributed by atoms with Gasteiger partial charge in [-0.3, -0.25) is 4.79 Å². The summed E-state index contributed by atoms with van der Waals surface area (Å²) in [6, 6.07) is -0.137. The Balaban J connectivity index is 4.14. The van der Waals surface area contributed by atoms with Crippen molar-refractivity contribution < 1.29 is 14.7 Å². The molecule has 0 rings (SSSR count). The van der Waals surface area contributed by atoms with Gasteiger partial charge in [0.1, 0.15) is 0 Å². The van der Waals surface area contributed by atoms with Gasteiger partial charge in [-0.25, -0.2) is 4.79 Å². The van der Waals surface area contributed by atoms with E-state index in [2.05, 4.69) is 38.3 Å². The number of carbonyl (C=O) groups is 2. The normalized spacial score (nSPS) is 13.0. The van der Waals surface area contributed by atoms with Gasteiger partial charge in [-0.15, -0.1) is 0 Å². The predicted molar refractivity (Wildman–Crippen MR) is 85.3 cm³/mol. The highest BCUT2D eigenvalue weighted by atomic mass is 16.4. The number of carbonyl (C=O) groups excluding carboxylic acids is 1. The first-order valence-electron chi connectivity index (χ1n) is 8.01. The smallest absolute Gasteiger partial charge is 0.315 e. The molecule has 21 heavy (non-hydrogen) atoms. The fourth-order valence-electron chi connectivity index (χ4n) is 2.24. The third-order valence-corrected chi connectivity index (χ3v) is 4.45. The van der Waals surface area contributed by atoms with Crippen LogP contribution in [0.4, 0.5) is 4.79 Å². The Labute approximate surface area is 128 Å². The molecule has 0 aromatic rings. The van der Waals surface area contributed by atoms with E-state index in [0.29, 0.717) is 24.8 Å². The Kier molecular flexibility index (Phi) is 9.06. The summed E-state index contributed by atoms with van der Waals surface area (Å²) in [4.78, 5) is 22.5. The van der Waals surface area contributed by atoms with Crippen molar-refractivity contribution in [1.82, 2.24) is 10.6 Å². The van der Waals surface area contributed by atoms with Crippen LogP contribution in [0.15, 0.2) is 0 Å². The number of carboxylic acids is 1. The highest BCUT2D eigenvalue weighted by Crippen LogP contribution is 2.20. The van der Waals surface area contributed by atoms with Crippen molar-refractivity contribution >= 4 is 12.0 Å². The molecular formula is C16H32N2O3. The van der Waals surface area contributed by atoms with Crippen molar-refractivity contribution in [2.75, 3.05) is 6.54 Å². The van der Waals surface area contributed by atoms with Gasteiger partial charge < -0.3 is 15.7 Å². The lowest BCUT2D eigenvalue weighted by Crippen LogP contribution is -2.49. The summed E-state index contributed by atoms with van der Waals surface area (Å²) in [6.07, 6.45) is 3.46. The van der Waals surface area contributed by atoms with E-state index in [0.717, 1.165) is 19.3 Å². The molecular weight excluding hydrogens is 268 g/mol. The van der Waals surface area contributed by atoms with E-state index in [9.17, 15) is 9.59 Å². The summed E-state index contributed by atoms with van der Waals surface area (Å²) >= 11 is 0. The Morgan fingerprint density at radius 2 is 1.71 bits per heavy atom. The molecule has 1 atom stereocenters. The minimum atomic E-state index is -0.756. The summed E-state index contributed by atoms with van der Waals surface area (Å²) < 4.78 is 0. The second-order valence-corrected chi connectivity index (χ2v) is 6.37. The molecule has 2 amide bonds. The van der Waals surface area contributed by atoms with E-state index in [4.69, 9.17) is 5.11 Å². The Hall–Kier alpha value is -1.26. The van der Waals surface area contributed by atoms with Gasteiger partial charge in [0.05, 0.1) is 0 Å².